The number of hydrogen-bond acceptors (Lipinski definition) is 8. The fourth-order valence-corrected chi connectivity index (χ4v) is 8.93. The van der Waals surface area contributed by atoms with Crippen LogP contribution >= 0.6 is 57.1 Å². The minimum absolute atomic E-state index is 0.118. The average Bonchev–Trinajstić information content (AvgIpc) is 3.54. The first-order valence-electron chi connectivity index (χ1n) is 15.4. The maximum atomic E-state index is 13.7. The molecule has 46 heavy (non-hydrogen) atoms. The van der Waals surface area contributed by atoms with Gasteiger partial charge in [-0.3, -0.25) is 9.69 Å². The first-order chi connectivity index (χ1) is 22.0. The van der Waals surface area contributed by atoms with Crippen LogP contribution in [0.25, 0.3) is 0 Å². The fourth-order valence-electron chi connectivity index (χ4n) is 6.63. The minimum Gasteiger partial charge on any atom is -0.478 e. The highest BCUT2D eigenvalue weighted by Gasteiger charge is 2.41. The molecule has 10 nitrogen and oxygen atoms in total. The summed E-state index contributed by atoms with van der Waals surface area (Å²) in [7, 11) is 0. The predicted octanol–water partition coefficient (Wildman–Crippen LogP) is 5.48. The molecule has 1 amide bonds. The highest BCUT2D eigenvalue weighted by Crippen LogP contribution is 2.45. The van der Waals surface area contributed by atoms with Crippen molar-refractivity contribution in [1.82, 2.24) is 20.1 Å². The Kier molecular flexibility index (Phi) is 11.7. The standard InChI is InChI=1S/C32H37Cl2IN4O6S/c33-19-4-3-5-20(34)26(19)29-27(30(41)42)21(7-8-24-36-11-17-46-24)37-22(28(29)31(43)44)18-25(40)39-15-13-38(14-16-39)12-10-32(45)9-2-1-6-23(32)35/h3-5,11,17,23,29,37,45H,1-2,6-10,12-16,18H2,(H,41,42)(H,43,44). The summed E-state index contributed by atoms with van der Waals surface area (Å²) < 4.78 is 0.244. The third kappa shape index (κ3) is 7.90. The van der Waals surface area contributed by atoms with Crippen molar-refractivity contribution >= 4 is 75.0 Å². The Balaban J connectivity index is 1.37. The second-order valence-corrected chi connectivity index (χ2v) is 15.3. The molecule has 14 heteroatoms. The number of aliphatic hydroxyl groups is 1. The van der Waals surface area contributed by atoms with Gasteiger partial charge in [-0.05, 0) is 37.8 Å². The van der Waals surface area contributed by atoms with Crippen molar-refractivity contribution in [3.8, 4) is 0 Å². The summed E-state index contributed by atoms with van der Waals surface area (Å²) in [6.07, 6.45) is 6.78. The number of carbonyl (C=O) groups excluding carboxylic acids is 1. The number of nitrogens with one attached hydrogen (secondary N) is 1. The number of carboxylic acids is 2. The molecule has 1 aromatic carbocycles. The van der Waals surface area contributed by atoms with Crippen LogP contribution in [0, 0.1) is 0 Å². The van der Waals surface area contributed by atoms with E-state index in [0.29, 0.717) is 39.0 Å². The topological polar surface area (TPSA) is 143 Å². The number of aromatic nitrogens is 1. The Morgan fingerprint density at radius 3 is 2.30 bits per heavy atom. The van der Waals surface area contributed by atoms with E-state index in [1.807, 2.05) is 5.38 Å². The summed E-state index contributed by atoms with van der Waals surface area (Å²) >= 11 is 16.9. The number of rotatable bonds is 11. The number of benzene rings is 1. The summed E-state index contributed by atoms with van der Waals surface area (Å²) in [4.78, 5) is 47.6. The van der Waals surface area contributed by atoms with Gasteiger partial charge >= 0.3 is 11.9 Å². The van der Waals surface area contributed by atoms with Crippen LogP contribution in [0.3, 0.4) is 0 Å². The summed E-state index contributed by atoms with van der Waals surface area (Å²) in [6, 6.07) is 4.68. The van der Waals surface area contributed by atoms with Crippen LogP contribution < -0.4 is 5.32 Å². The Bertz CT molecular complexity index is 1510. The number of piperazine rings is 1. The fraction of sp³-hybridized carbons (Fsp3) is 0.500. The van der Waals surface area contributed by atoms with E-state index in [9.17, 15) is 29.7 Å². The molecule has 3 heterocycles. The maximum absolute atomic E-state index is 13.7. The van der Waals surface area contributed by atoms with E-state index in [2.05, 4.69) is 37.8 Å². The molecule has 1 saturated carbocycles. The van der Waals surface area contributed by atoms with Crippen molar-refractivity contribution in [2.24, 2.45) is 0 Å². The molecule has 2 aliphatic heterocycles. The molecular formula is C32H37Cl2IN4O6S. The van der Waals surface area contributed by atoms with E-state index in [0.717, 1.165) is 37.2 Å². The Morgan fingerprint density at radius 2 is 1.70 bits per heavy atom. The molecule has 0 radical (unpaired) electrons. The lowest BCUT2D eigenvalue weighted by atomic mass is 9.79. The van der Waals surface area contributed by atoms with Crippen LogP contribution in [-0.4, -0.2) is 90.2 Å². The Morgan fingerprint density at radius 1 is 1.02 bits per heavy atom. The number of nitrogens with zero attached hydrogens (tertiary/aromatic N) is 3. The number of allylic oxidation sites excluding steroid dienone is 1. The first-order valence-corrected chi connectivity index (χ1v) is 18.2. The molecule has 5 rings (SSSR count). The summed E-state index contributed by atoms with van der Waals surface area (Å²) in [5.74, 6) is -4.25. The summed E-state index contributed by atoms with van der Waals surface area (Å²) in [5, 5.41) is 38.0. The SMILES string of the molecule is O=C(O)C1=C(CCc2nccs2)NC(CC(=O)N2CCN(CCC3(O)CCCCC3I)CC2)=C(C(=O)O)C1c1c(Cl)cccc1Cl. The van der Waals surface area contributed by atoms with Gasteiger partial charge < -0.3 is 25.5 Å². The third-order valence-corrected chi connectivity index (χ3v) is 12.4. The number of carbonyl (C=O) groups is 3. The zero-order valence-corrected chi connectivity index (χ0v) is 29.7. The van der Waals surface area contributed by atoms with Crippen LogP contribution in [0.15, 0.2) is 52.3 Å². The molecule has 3 aliphatic rings. The molecule has 1 saturated heterocycles. The van der Waals surface area contributed by atoms with Gasteiger partial charge in [0.1, 0.15) is 0 Å². The zero-order chi connectivity index (χ0) is 33.0. The highest BCUT2D eigenvalue weighted by atomic mass is 127. The number of dihydropyridines is 1. The lowest BCUT2D eigenvalue weighted by Crippen LogP contribution is -2.51. The lowest BCUT2D eigenvalue weighted by Gasteiger charge is -2.40. The summed E-state index contributed by atoms with van der Waals surface area (Å²) in [6.45, 7) is 2.97. The molecule has 3 atom stereocenters. The monoisotopic (exact) mass is 802 g/mol. The van der Waals surface area contributed by atoms with Gasteiger partial charge in [0.05, 0.1) is 34.1 Å². The van der Waals surface area contributed by atoms with Crippen molar-refractivity contribution < 1.29 is 29.7 Å². The van der Waals surface area contributed by atoms with Crippen molar-refractivity contribution in [1.29, 1.82) is 0 Å². The van der Waals surface area contributed by atoms with Crippen LogP contribution in [-0.2, 0) is 20.8 Å². The van der Waals surface area contributed by atoms with Crippen molar-refractivity contribution in [2.45, 2.75) is 66.8 Å². The van der Waals surface area contributed by atoms with Crippen LogP contribution in [0.4, 0.5) is 0 Å². The van der Waals surface area contributed by atoms with E-state index >= 15 is 0 Å². The van der Waals surface area contributed by atoms with Gasteiger partial charge in [-0.15, -0.1) is 11.3 Å². The van der Waals surface area contributed by atoms with Crippen molar-refractivity contribution in [2.75, 3.05) is 32.7 Å². The number of aryl methyl sites for hydroxylation is 1. The van der Waals surface area contributed by atoms with Gasteiger partial charge in [0, 0.05) is 81.6 Å². The van der Waals surface area contributed by atoms with Gasteiger partial charge in [-0.2, -0.15) is 0 Å². The number of hydrogen-bond donors (Lipinski definition) is 4. The van der Waals surface area contributed by atoms with Gasteiger partial charge in [-0.1, -0.05) is 64.7 Å². The van der Waals surface area contributed by atoms with Crippen molar-refractivity contribution in [3.05, 3.63) is 72.9 Å². The average molecular weight is 804 g/mol. The highest BCUT2D eigenvalue weighted by molar-refractivity contribution is 14.1. The summed E-state index contributed by atoms with van der Waals surface area (Å²) in [5.41, 5.74) is -0.531. The van der Waals surface area contributed by atoms with Gasteiger partial charge in [-0.25, -0.2) is 14.6 Å². The number of thiazole rings is 1. The van der Waals surface area contributed by atoms with Crippen LogP contribution in [0.5, 0.6) is 0 Å². The van der Waals surface area contributed by atoms with Crippen molar-refractivity contribution in [3.63, 3.8) is 0 Å². The molecular weight excluding hydrogens is 766 g/mol. The second-order valence-electron chi connectivity index (χ2n) is 12.0. The minimum atomic E-state index is -1.37. The number of amides is 1. The Hall–Kier alpha value is -2.23. The molecule has 2 fully saturated rings. The zero-order valence-electron chi connectivity index (χ0n) is 25.2. The normalized spacial score (nSPS) is 24.2. The molecule has 1 aliphatic carbocycles. The molecule has 4 N–H and O–H groups in total. The van der Waals surface area contributed by atoms with E-state index in [4.69, 9.17) is 23.2 Å². The smallest absolute Gasteiger partial charge is 0.334 e. The van der Waals surface area contributed by atoms with E-state index in [1.165, 1.54) is 23.5 Å². The van der Waals surface area contributed by atoms with Gasteiger partial charge in [0.2, 0.25) is 5.91 Å². The number of alkyl halides is 1. The van der Waals surface area contributed by atoms with Gasteiger partial charge in [0.25, 0.3) is 0 Å². The molecule has 2 aromatic rings. The predicted molar refractivity (Wildman–Crippen MR) is 186 cm³/mol. The molecule has 3 unspecified atom stereocenters. The number of aliphatic carboxylic acids is 2. The van der Waals surface area contributed by atoms with E-state index in [1.54, 1.807) is 17.2 Å². The number of carboxylic acid groups (broad SMARTS) is 2. The van der Waals surface area contributed by atoms with E-state index < -0.39 is 23.5 Å². The van der Waals surface area contributed by atoms with E-state index in [-0.39, 0.29) is 60.8 Å². The largest absolute Gasteiger partial charge is 0.478 e. The molecule has 0 bridgehead atoms. The van der Waals surface area contributed by atoms with Crippen LogP contribution in [0.1, 0.15) is 61.4 Å². The third-order valence-electron chi connectivity index (χ3n) is 9.17. The van der Waals surface area contributed by atoms with Crippen LogP contribution in [0.2, 0.25) is 10.0 Å². The Labute approximate surface area is 295 Å². The van der Waals surface area contributed by atoms with Gasteiger partial charge in [0.15, 0.2) is 0 Å². The number of halogens is 3. The second kappa shape index (κ2) is 15.3. The lowest BCUT2D eigenvalue weighted by molar-refractivity contribution is -0.133. The molecule has 1 aromatic heterocycles. The molecule has 248 valence electrons. The molecule has 0 spiro atoms. The maximum Gasteiger partial charge on any atom is 0.334 e. The quantitative estimate of drug-likeness (QED) is 0.172. The first kappa shape index (κ1) is 35.1.